The van der Waals surface area contributed by atoms with E-state index in [1.165, 1.54) is 30.3 Å². The van der Waals surface area contributed by atoms with Crippen molar-refractivity contribution in [2.24, 2.45) is 5.16 Å². The molecule has 0 amide bonds. The normalized spacial score (nSPS) is 14.5. The van der Waals surface area contributed by atoms with Crippen molar-refractivity contribution in [3.63, 3.8) is 0 Å². The standard InChI is InChI=1S/C16H12ClFN2O3S/c1-12-7-9-14(10-8-12)24(21,22)23-20-15(16(17,18)11-19)13-5-3-2-4-6-13/h2-10H,1H3. The summed E-state index contributed by atoms with van der Waals surface area (Å²) in [6.45, 7) is 1.79. The molecule has 24 heavy (non-hydrogen) atoms. The summed E-state index contributed by atoms with van der Waals surface area (Å²) in [5.74, 6) is 0. The van der Waals surface area contributed by atoms with Crippen LogP contribution in [0.15, 0.2) is 64.6 Å². The summed E-state index contributed by atoms with van der Waals surface area (Å²) in [7, 11) is -4.27. The Balaban J connectivity index is 2.41. The molecule has 2 aromatic carbocycles. The van der Waals surface area contributed by atoms with E-state index in [1.54, 1.807) is 37.3 Å². The van der Waals surface area contributed by atoms with E-state index in [1.807, 2.05) is 0 Å². The molecule has 1 atom stereocenters. The number of halogens is 2. The van der Waals surface area contributed by atoms with E-state index in [-0.39, 0.29) is 10.5 Å². The van der Waals surface area contributed by atoms with Gasteiger partial charge in [0.1, 0.15) is 11.0 Å². The third-order valence-corrected chi connectivity index (χ3v) is 4.41. The average Bonchev–Trinajstić information content (AvgIpc) is 2.56. The molecular weight excluding hydrogens is 355 g/mol. The summed E-state index contributed by atoms with van der Waals surface area (Å²) >= 11 is 5.48. The smallest absolute Gasteiger partial charge is 0.264 e. The van der Waals surface area contributed by atoms with Crippen molar-refractivity contribution in [1.82, 2.24) is 0 Å². The molecule has 0 N–H and O–H groups in total. The van der Waals surface area contributed by atoms with Crippen molar-refractivity contribution in [2.45, 2.75) is 16.9 Å². The maximum atomic E-state index is 14.2. The van der Waals surface area contributed by atoms with E-state index in [9.17, 15) is 12.8 Å². The zero-order valence-electron chi connectivity index (χ0n) is 12.5. The van der Waals surface area contributed by atoms with Gasteiger partial charge in [0.2, 0.25) is 0 Å². The summed E-state index contributed by atoms with van der Waals surface area (Å²) in [4.78, 5) is -0.153. The predicted molar refractivity (Wildman–Crippen MR) is 87.7 cm³/mol. The molecule has 5 nitrogen and oxygen atoms in total. The highest BCUT2D eigenvalue weighted by atomic mass is 35.5. The molecule has 0 aliphatic rings. The van der Waals surface area contributed by atoms with Crippen LogP contribution >= 0.6 is 11.6 Å². The van der Waals surface area contributed by atoms with Gasteiger partial charge in [-0.3, -0.25) is 4.28 Å². The quantitative estimate of drug-likeness (QED) is 0.460. The zero-order valence-corrected chi connectivity index (χ0v) is 14.1. The number of nitriles is 1. The molecule has 0 heterocycles. The second-order valence-electron chi connectivity index (χ2n) is 4.83. The second kappa shape index (κ2) is 6.99. The van der Waals surface area contributed by atoms with Crippen molar-refractivity contribution in [3.8, 4) is 6.07 Å². The second-order valence-corrected chi connectivity index (χ2v) is 6.88. The highest BCUT2D eigenvalue weighted by Gasteiger charge is 2.36. The highest BCUT2D eigenvalue weighted by molar-refractivity contribution is 7.86. The Morgan fingerprint density at radius 3 is 2.33 bits per heavy atom. The van der Waals surface area contributed by atoms with E-state index < -0.39 is 21.0 Å². The van der Waals surface area contributed by atoms with Gasteiger partial charge in [-0.05, 0) is 19.1 Å². The lowest BCUT2D eigenvalue weighted by Gasteiger charge is -2.12. The fourth-order valence-electron chi connectivity index (χ4n) is 1.77. The van der Waals surface area contributed by atoms with Gasteiger partial charge in [0.15, 0.2) is 5.71 Å². The van der Waals surface area contributed by atoms with Gasteiger partial charge in [-0.1, -0.05) is 64.8 Å². The lowest BCUT2D eigenvalue weighted by Crippen LogP contribution is -2.27. The van der Waals surface area contributed by atoms with Crippen LogP contribution in [0.1, 0.15) is 11.1 Å². The van der Waals surface area contributed by atoms with Crippen LogP contribution in [0.4, 0.5) is 4.39 Å². The third kappa shape index (κ3) is 4.10. The molecule has 0 radical (unpaired) electrons. The van der Waals surface area contributed by atoms with E-state index in [2.05, 4.69) is 9.44 Å². The molecule has 0 spiro atoms. The summed E-state index contributed by atoms with van der Waals surface area (Å²) in [6, 6.07) is 14.7. The van der Waals surface area contributed by atoms with Crippen LogP contribution in [0, 0.1) is 18.3 Å². The van der Waals surface area contributed by atoms with Crippen molar-refractivity contribution in [2.75, 3.05) is 0 Å². The molecule has 124 valence electrons. The molecule has 0 fully saturated rings. The SMILES string of the molecule is Cc1ccc(S(=O)(=O)ON=C(c2ccccc2)C(F)(Cl)C#N)cc1. The molecule has 0 saturated heterocycles. The summed E-state index contributed by atoms with van der Waals surface area (Å²) in [6.07, 6.45) is 0. The Bertz CT molecular complexity index is 889. The average molecular weight is 367 g/mol. The number of oxime groups is 1. The number of hydrogen-bond acceptors (Lipinski definition) is 5. The Morgan fingerprint density at radius 1 is 1.21 bits per heavy atom. The number of nitrogens with zero attached hydrogens (tertiary/aromatic N) is 2. The maximum Gasteiger partial charge on any atom is 0.358 e. The number of benzene rings is 2. The Labute approximate surface area is 144 Å². The minimum atomic E-state index is -4.27. The Hall–Kier alpha value is -2.43. The predicted octanol–water partition coefficient (Wildman–Crippen LogP) is 3.53. The van der Waals surface area contributed by atoms with Crippen LogP contribution in [0.3, 0.4) is 0 Å². The number of rotatable bonds is 5. The molecule has 1 unspecified atom stereocenters. The lowest BCUT2D eigenvalue weighted by molar-refractivity contribution is 0.330. The zero-order chi connectivity index (χ0) is 17.8. The van der Waals surface area contributed by atoms with Gasteiger partial charge < -0.3 is 0 Å². The first kappa shape index (κ1) is 17.9. The van der Waals surface area contributed by atoms with Gasteiger partial charge in [0.25, 0.3) is 0 Å². The number of hydrogen-bond donors (Lipinski definition) is 0. The Kier molecular flexibility index (Phi) is 5.22. The Morgan fingerprint density at radius 2 is 1.79 bits per heavy atom. The first-order valence-electron chi connectivity index (χ1n) is 6.69. The van der Waals surface area contributed by atoms with Gasteiger partial charge in [0, 0.05) is 5.56 Å². The molecule has 0 aliphatic carbocycles. The van der Waals surface area contributed by atoms with Gasteiger partial charge in [0.05, 0.1) is 0 Å². The highest BCUT2D eigenvalue weighted by Crippen LogP contribution is 2.24. The molecular formula is C16H12ClFN2O3S. The first-order valence-corrected chi connectivity index (χ1v) is 8.48. The molecule has 0 aliphatic heterocycles. The molecule has 2 rings (SSSR count). The summed E-state index contributed by atoms with van der Waals surface area (Å²) in [5.41, 5.74) is 0.328. The van der Waals surface area contributed by atoms with Crippen LogP contribution in [-0.4, -0.2) is 19.3 Å². The number of aryl methyl sites for hydroxylation is 1. The monoisotopic (exact) mass is 366 g/mol. The maximum absolute atomic E-state index is 14.2. The number of alkyl halides is 2. The first-order chi connectivity index (χ1) is 11.3. The van der Waals surface area contributed by atoms with Crippen molar-refractivity contribution in [3.05, 3.63) is 65.7 Å². The van der Waals surface area contributed by atoms with Crippen LogP contribution in [0.5, 0.6) is 0 Å². The molecule has 8 heteroatoms. The van der Waals surface area contributed by atoms with Crippen molar-refractivity contribution < 1.29 is 17.1 Å². The fraction of sp³-hybridized carbons (Fsp3) is 0.125. The molecule has 0 saturated carbocycles. The van der Waals surface area contributed by atoms with Crippen molar-refractivity contribution >= 4 is 27.4 Å². The summed E-state index contributed by atoms with van der Waals surface area (Å²) < 4.78 is 43.0. The van der Waals surface area contributed by atoms with Crippen LogP contribution in [0.2, 0.25) is 0 Å². The van der Waals surface area contributed by atoms with Gasteiger partial charge in [-0.2, -0.15) is 13.7 Å². The molecule has 2 aromatic rings. The largest absolute Gasteiger partial charge is 0.358 e. The van der Waals surface area contributed by atoms with Crippen molar-refractivity contribution in [1.29, 1.82) is 5.26 Å². The van der Waals surface area contributed by atoms with Crippen LogP contribution in [-0.2, 0) is 14.4 Å². The third-order valence-electron chi connectivity index (χ3n) is 3.02. The minimum absolute atomic E-state index is 0.121. The van der Waals surface area contributed by atoms with E-state index in [0.717, 1.165) is 5.56 Å². The molecule has 0 aromatic heterocycles. The molecule has 0 bridgehead atoms. The van der Waals surface area contributed by atoms with E-state index in [4.69, 9.17) is 16.9 Å². The van der Waals surface area contributed by atoms with E-state index >= 15 is 0 Å². The lowest BCUT2D eigenvalue weighted by atomic mass is 10.1. The topological polar surface area (TPSA) is 79.5 Å². The summed E-state index contributed by atoms with van der Waals surface area (Å²) in [5, 5.41) is 9.13. The fourth-order valence-corrected chi connectivity index (χ4v) is 2.65. The van der Waals surface area contributed by atoms with Gasteiger partial charge in [-0.15, -0.1) is 0 Å². The van der Waals surface area contributed by atoms with E-state index in [0.29, 0.717) is 0 Å². The van der Waals surface area contributed by atoms with Crippen LogP contribution < -0.4 is 0 Å². The van der Waals surface area contributed by atoms with Gasteiger partial charge in [-0.25, -0.2) is 4.39 Å². The van der Waals surface area contributed by atoms with Gasteiger partial charge >= 0.3 is 15.2 Å². The van der Waals surface area contributed by atoms with Crippen LogP contribution in [0.25, 0.3) is 0 Å². The minimum Gasteiger partial charge on any atom is -0.264 e.